The molecule has 0 heterocycles. The number of carbonyl (C=O) groups excluding carboxylic acids is 1. The summed E-state index contributed by atoms with van der Waals surface area (Å²) in [6.07, 6.45) is 3.68. The molecule has 5 nitrogen and oxygen atoms in total. The molecule has 1 atom stereocenters. The Labute approximate surface area is 154 Å². The fourth-order valence-electron chi connectivity index (χ4n) is 3.55. The second-order valence-corrected chi connectivity index (χ2v) is 8.80. The minimum absolute atomic E-state index is 0.0647. The molecular formula is C20H22N2O3S. The number of aryl methyl sites for hydroxylation is 1. The molecule has 0 aromatic heterocycles. The van der Waals surface area contributed by atoms with Crippen molar-refractivity contribution in [1.82, 2.24) is 9.62 Å². The van der Waals surface area contributed by atoms with Gasteiger partial charge in [-0.1, -0.05) is 24.3 Å². The topological polar surface area (TPSA) is 66.5 Å². The van der Waals surface area contributed by atoms with Crippen molar-refractivity contribution in [2.24, 2.45) is 0 Å². The molecule has 1 fully saturated rings. The van der Waals surface area contributed by atoms with E-state index in [4.69, 9.17) is 0 Å². The maximum atomic E-state index is 12.9. The van der Waals surface area contributed by atoms with Crippen molar-refractivity contribution in [3.8, 4) is 0 Å². The van der Waals surface area contributed by atoms with Gasteiger partial charge in [0.1, 0.15) is 0 Å². The lowest BCUT2D eigenvalue weighted by atomic mass is 10.1. The first kappa shape index (κ1) is 17.2. The second-order valence-electron chi connectivity index (χ2n) is 7.09. The van der Waals surface area contributed by atoms with Crippen LogP contribution in [0.15, 0.2) is 53.4 Å². The molecule has 2 aromatic rings. The third-order valence-electron chi connectivity index (χ3n) is 5.20. The summed E-state index contributed by atoms with van der Waals surface area (Å²) in [4.78, 5) is 14.8. The Balaban J connectivity index is 1.51. The highest BCUT2D eigenvalue weighted by molar-refractivity contribution is 7.89. The minimum Gasteiger partial charge on any atom is -0.335 e. The van der Waals surface area contributed by atoms with E-state index in [1.807, 2.05) is 19.2 Å². The predicted molar refractivity (Wildman–Crippen MR) is 99.4 cm³/mol. The van der Waals surface area contributed by atoms with E-state index in [-0.39, 0.29) is 22.9 Å². The average Bonchev–Trinajstić information content (AvgIpc) is 3.34. The maximum absolute atomic E-state index is 12.9. The predicted octanol–water partition coefficient (Wildman–Crippen LogP) is 2.89. The Hall–Kier alpha value is -2.18. The number of nitrogens with zero attached hydrogens (tertiary/aromatic N) is 1. The summed E-state index contributed by atoms with van der Waals surface area (Å²) < 4.78 is 27.1. The molecule has 0 bridgehead atoms. The second kappa shape index (κ2) is 6.52. The highest BCUT2D eigenvalue weighted by Crippen LogP contribution is 2.35. The van der Waals surface area contributed by atoms with Crippen LogP contribution in [0, 0.1) is 0 Å². The molecule has 26 heavy (non-hydrogen) atoms. The minimum atomic E-state index is -3.49. The van der Waals surface area contributed by atoms with Gasteiger partial charge in [0.25, 0.3) is 5.91 Å². The third kappa shape index (κ3) is 3.27. The molecule has 136 valence electrons. The van der Waals surface area contributed by atoms with Crippen LogP contribution in [0.1, 0.15) is 46.8 Å². The van der Waals surface area contributed by atoms with Gasteiger partial charge < -0.3 is 4.90 Å². The SMILES string of the molecule is CN(C(=O)c1ccc(S(=O)(=O)NC2CC2)cc1)C1CCc2ccccc21. The molecule has 2 aromatic carbocycles. The fraction of sp³-hybridized carbons (Fsp3) is 0.350. The molecule has 6 heteroatoms. The molecular weight excluding hydrogens is 348 g/mol. The fourth-order valence-corrected chi connectivity index (χ4v) is 4.85. The lowest BCUT2D eigenvalue weighted by molar-refractivity contribution is 0.0730. The molecule has 2 aliphatic carbocycles. The number of hydrogen-bond donors (Lipinski definition) is 1. The van der Waals surface area contributed by atoms with Gasteiger partial charge in [-0.3, -0.25) is 4.79 Å². The van der Waals surface area contributed by atoms with Crippen LogP contribution < -0.4 is 4.72 Å². The third-order valence-corrected chi connectivity index (χ3v) is 6.74. The molecule has 0 aliphatic heterocycles. The van der Waals surface area contributed by atoms with Gasteiger partial charge >= 0.3 is 0 Å². The quantitative estimate of drug-likeness (QED) is 0.880. The Morgan fingerprint density at radius 1 is 1.04 bits per heavy atom. The van der Waals surface area contributed by atoms with E-state index >= 15 is 0 Å². The van der Waals surface area contributed by atoms with E-state index in [1.54, 1.807) is 17.0 Å². The van der Waals surface area contributed by atoms with Gasteiger partial charge in [0, 0.05) is 18.7 Å². The van der Waals surface area contributed by atoms with Gasteiger partial charge in [-0.05, 0) is 61.1 Å². The summed E-state index contributed by atoms with van der Waals surface area (Å²) in [5, 5.41) is 0. The molecule has 0 saturated heterocycles. The first-order valence-corrected chi connectivity index (χ1v) is 10.4. The van der Waals surface area contributed by atoms with E-state index in [1.165, 1.54) is 23.3 Å². The number of rotatable bonds is 5. The van der Waals surface area contributed by atoms with Crippen LogP contribution in [-0.2, 0) is 16.4 Å². The zero-order chi connectivity index (χ0) is 18.3. The number of amides is 1. The largest absolute Gasteiger partial charge is 0.335 e. The summed E-state index contributed by atoms with van der Waals surface area (Å²) >= 11 is 0. The van der Waals surface area contributed by atoms with Crippen molar-refractivity contribution in [3.63, 3.8) is 0 Å². The summed E-state index contributed by atoms with van der Waals surface area (Å²) in [5.74, 6) is -0.0918. The monoisotopic (exact) mass is 370 g/mol. The Morgan fingerprint density at radius 3 is 2.42 bits per heavy atom. The van der Waals surface area contributed by atoms with E-state index in [0.717, 1.165) is 25.7 Å². The van der Waals surface area contributed by atoms with Crippen LogP contribution in [0.2, 0.25) is 0 Å². The summed E-state index contributed by atoms with van der Waals surface area (Å²) in [7, 11) is -1.68. The number of fused-ring (bicyclic) bond motifs is 1. The lowest BCUT2D eigenvalue weighted by Crippen LogP contribution is -2.30. The van der Waals surface area contributed by atoms with E-state index in [2.05, 4.69) is 16.9 Å². The zero-order valence-corrected chi connectivity index (χ0v) is 15.5. The van der Waals surface area contributed by atoms with Crippen molar-refractivity contribution in [3.05, 3.63) is 65.2 Å². The number of benzene rings is 2. The molecule has 1 amide bonds. The van der Waals surface area contributed by atoms with Crippen LogP contribution in [-0.4, -0.2) is 32.3 Å². The van der Waals surface area contributed by atoms with Gasteiger partial charge in [-0.15, -0.1) is 0 Å². The van der Waals surface area contributed by atoms with Crippen LogP contribution >= 0.6 is 0 Å². The summed E-state index contributed by atoms with van der Waals surface area (Å²) in [6, 6.07) is 14.6. The van der Waals surface area contributed by atoms with Gasteiger partial charge in [-0.2, -0.15) is 0 Å². The van der Waals surface area contributed by atoms with Crippen molar-refractivity contribution in [2.75, 3.05) is 7.05 Å². The van der Waals surface area contributed by atoms with Gasteiger partial charge in [-0.25, -0.2) is 13.1 Å². The highest BCUT2D eigenvalue weighted by atomic mass is 32.2. The molecule has 0 spiro atoms. The Morgan fingerprint density at radius 2 is 1.73 bits per heavy atom. The molecule has 1 saturated carbocycles. The maximum Gasteiger partial charge on any atom is 0.254 e. The van der Waals surface area contributed by atoms with Crippen molar-refractivity contribution >= 4 is 15.9 Å². The first-order valence-electron chi connectivity index (χ1n) is 8.93. The van der Waals surface area contributed by atoms with E-state index < -0.39 is 10.0 Å². The zero-order valence-electron chi connectivity index (χ0n) is 14.7. The standard InChI is InChI=1S/C20H22N2O3S/c1-22(19-13-8-14-4-2-3-5-18(14)19)20(23)15-6-11-17(12-7-15)26(24,25)21-16-9-10-16/h2-7,11-12,16,19,21H,8-10,13H2,1H3. The number of sulfonamides is 1. The Bertz CT molecular complexity index is 934. The van der Waals surface area contributed by atoms with Crippen molar-refractivity contribution < 1.29 is 13.2 Å². The van der Waals surface area contributed by atoms with Gasteiger partial charge in [0.2, 0.25) is 10.0 Å². The van der Waals surface area contributed by atoms with Crippen molar-refractivity contribution in [1.29, 1.82) is 0 Å². The number of carbonyl (C=O) groups is 1. The summed E-state index contributed by atoms with van der Waals surface area (Å²) in [6.45, 7) is 0. The summed E-state index contributed by atoms with van der Waals surface area (Å²) in [5.41, 5.74) is 3.00. The molecule has 1 unspecified atom stereocenters. The molecule has 2 aliphatic rings. The average molecular weight is 370 g/mol. The van der Waals surface area contributed by atoms with E-state index in [0.29, 0.717) is 5.56 Å². The molecule has 1 N–H and O–H groups in total. The first-order chi connectivity index (χ1) is 12.5. The van der Waals surface area contributed by atoms with Gasteiger partial charge in [0.05, 0.1) is 10.9 Å². The lowest BCUT2D eigenvalue weighted by Gasteiger charge is -2.25. The van der Waals surface area contributed by atoms with Crippen LogP contribution in [0.25, 0.3) is 0 Å². The van der Waals surface area contributed by atoms with Crippen LogP contribution in [0.5, 0.6) is 0 Å². The highest BCUT2D eigenvalue weighted by Gasteiger charge is 2.30. The van der Waals surface area contributed by atoms with Gasteiger partial charge in [0.15, 0.2) is 0 Å². The van der Waals surface area contributed by atoms with Crippen LogP contribution in [0.3, 0.4) is 0 Å². The normalized spacial score (nSPS) is 19.2. The van der Waals surface area contributed by atoms with Crippen LogP contribution in [0.4, 0.5) is 0 Å². The molecule has 4 rings (SSSR count). The smallest absolute Gasteiger partial charge is 0.254 e. The van der Waals surface area contributed by atoms with E-state index in [9.17, 15) is 13.2 Å². The Kier molecular flexibility index (Phi) is 4.32. The number of nitrogens with one attached hydrogen (secondary N) is 1. The molecule has 0 radical (unpaired) electrons. The number of hydrogen-bond acceptors (Lipinski definition) is 3. The van der Waals surface area contributed by atoms with Crippen molar-refractivity contribution in [2.45, 2.75) is 42.7 Å².